The van der Waals surface area contributed by atoms with Gasteiger partial charge in [0.2, 0.25) is 0 Å². The van der Waals surface area contributed by atoms with E-state index >= 15 is 0 Å². The summed E-state index contributed by atoms with van der Waals surface area (Å²) in [7, 11) is 0. The predicted octanol–water partition coefficient (Wildman–Crippen LogP) is 5.12. The molecule has 0 fully saturated rings. The fourth-order valence-electron chi connectivity index (χ4n) is 1.32. The van der Waals surface area contributed by atoms with E-state index in [-0.39, 0.29) is 0 Å². The van der Waals surface area contributed by atoms with Crippen LogP contribution in [0.2, 0.25) is 5.02 Å². The summed E-state index contributed by atoms with van der Waals surface area (Å²) in [4.78, 5) is 0. The van der Waals surface area contributed by atoms with Crippen LogP contribution in [0.4, 0.5) is 5.69 Å². The first-order chi connectivity index (χ1) is 8.65. The Bertz CT molecular complexity index is 567. The maximum Gasteiger partial charge on any atom is 0.156 e. The molecule has 0 heterocycles. The molecule has 2 rings (SSSR count). The molecule has 1 N–H and O–H groups in total. The molecule has 0 unspecified atom stereocenters. The Morgan fingerprint density at radius 3 is 2.50 bits per heavy atom. The van der Waals surface area contributed by atoms with E-state index in [1.54, 1.807) is 12.1 Å². The van der Waals surface area contributed by atoms with Gasteiger partial charge in [0.1, 0.15) is 0 Å². The van der Waals surface area contributed by atoms with Gasteiger partial charge in [0.05, 0.1) is 5.69 Å². The summed E-state index contributed by atoms with van der Waals surface area (Å²) in [5, 5.41) is 5.13. The highest BCUT2D eigenvalue weighted by molar-refractivity contribution is 9.10. The van der Waals surface area contributed by atoms with E-state index in [2.05, 4.69) is 26.5 Å². The number of rotatable bonds is 3. The molecule has 2 nitrogen and oxygen atoms in total. The van der Waals surface area contributed by atoms with E-state index < -0.39 is 0 Å². The maximum atomic E-state index is 6.09. The SMILES string of the molecule is ClC(=NNc1cccc(Cl)c1)c1ccc(Br)cc1. The summed E-state index contributed by atoms with van der Waals surface area (Å²) in [6, 6.07) is 14.9. The molecule has 0 aliphatic heterocycles. The Morgan fingerprint density at radius 2 is 1.83 bits per heavy atom. The molecule has 18 heavy (non-hydrogen) atoms. The van der Waals surface area contributed by atoms with Crippen molar-refractivity contribution >= 4 is 50.0 Å². The van der Waals surface area contributed by atoms with Crippen LogP contribution in [0.3, 0.4) is 0 Å². The van der Waals surface area contributed by atoms with Crippen molar-refractivity contribution in [1.29, 1.82) is 0 Å². The smallest absolute Gasteiger partial charge is 0.156 e. The first-order valence-corrected chi connectivity index (χ1v) is 6.71. The molecule has 0 saturated heterocycles. The van der Waals surface area contributed by atoms with Gasteiger partial charge in [-0.05, 0) is 30.3 Å². The molecule has 0 atom stereocenters. The van der Waals surface area contributed by atoms with E-state index in [1.807, 2.05) is 36.4 Å². The topological polar surface area (TPSA) is 24.4 Å². The standard InChI is InChI=1S/C13H9BrCl2N2/c14-10-6-4-9(5-7-10)13(16)18-17-12-3-1-2-11(15)8-12/h1-8,17H. The van der Waals surface area contributed by atoms with E-state index in [0.29, 0.717) is 10.2 Å². The Kier molecular flexibility index (Phi) is 4.64. The minimum Gasteiger partial charge on any atom is -0.277 e. The molecular weight excluding hydrogens is 335 g/mol. The molecule has 0 radical (unpaired) electrons. The summed E-state index contributed by atoms with van der Waals surface area (Å²) < 4.78 is 0.999. The molecule has 2 aromatic carbocycles. The van der Waals surface area contributed by atoms with Crippen molar-refractivity contribution in [1.82, 2.24) is 0 Å². The van der Waals surface area contributed by atoms with Crippen molar-refractivity contribution in [3.63, 3.8) is 0 Å². The Hall–Kier alpha value is -1.03. The number of nitrogens with zero attached hydrogens (tertiary/aromatic N) is 1. The quantitative estimate of drug-likeness (QED) is 0.607. The molecule has 0 spiro atoms. The number of hydrogen-bond acceptors (Lipinski definition) is 2. The first kappa shape index (κ1) is 13.4. The van der Waals surface area contributed by atoms with Crippen molar-refractivity contribution in [3.8, 4) is 0 Å². The van der Waals surface area contributed by atoms with Crippen LogP contribution in [0.1, 0.15) is 5.56 Å². The van der Waals surface area contributed by atoms with E-state index in [4.69, 9.17) is 23.2 Å². The Morgan fingerprint density at radius 1 is 1.11 bits per heavy atom. The van der Waals surface area contributed by atoms with Gasteiger partial charge in [-0.1, -0.05) is 57.3 Å². The van der Waals surface area contributed by atoms with Crippen LogP contribution in [-0.4, -0.2) is 5.17 Å². The van der Waals surface area contributed by atoms with Crippen molar-refractivity contribution in [3.05, 3.63) is 63.6 Å². The van der Waals surface area contributed by atoms with Crippen LogP contribution in [0.5, 0.6) is 0 Å². The van der Waals surface area contributed by atoms with Gasteiger partial charge in [0.15, 0.2) is 5.17 Å². The molecule has 0 bridgehead atoms. The summed E-state index contributed by atoms with van der Waals surface area (Å²) in [5.74, 6) is 0. The molecule has 92 valence electrons. The monoisotopic (exact) mass is 342 g/mol. The first-order valence-electron chi connectivity index (χ1n) is 5.16. The lowest BCUT2D eigenvalue weighted by molar-refractivity contribution is 1.34. The number of hydrazone groups is 1. The predicted molar refractivity (Wildman–Crippen MR) is 81.6 cm³/mol. The fourth-order valence-corrected chi connectivity index (χ4v) is 1.95. The molecule has 5 heteroatoms. The third kappa shape index (κ3) is 3.73. The zero-order chi connectivity index (χ0) is 13.0. The van der Waals surface area contributed by atoms with Crippen molar-refractivity contribution in [2.24, 2.45) is 5.10 Å². The molecule has 0 aliphatic carbocycles. The van der Waals surface area contributed by atoms with Crippen LogP contribution in [-0.2, 0) is 0 Å². The van der Waals surface area contributed by atoms with Crippen LogP contribution in [0, 0.1) is 0 Å². The average Bonchev–Trinajstić information content (AvgIpc) is 2.37. The fraction of sp³-hybridized carbons (Fsp3) is 0. The van der Waals surface area contributed by atoms with Gasteiger partial charge in [0.25, 0.3) is 0 Å². The third-order valence-corrected chi connectivity index (χ3v) is 3.26. The third-order valence-electron chi connectivity index (χ3n) is 2.19. The summed E-state index contributed by atoms with van der Waals surface area (Å²) in [6.07, 6.45) is 0. The van der Waals surface area contributed by atoms with Crippen LogP contribution >= 0.6 is 39.1 Å². The van der Waals surface area contributed by atoms with Gasteiger partial charge >= 0.3 is 0 Å². The minimum atomic E-state index is 0.391. The highest BCUT2D eigenvalue weighted by Crippen LogP contribution is 2.16. The second-order valence-corrected chi connectivity index (χ2v) is 5.24. The lowest BCUT2D eigenvalue weighted by Crippen LogP contribution is -1.96. The second kappa shape index (κ2) is 6.23. The lowest BCUT2D eigenvalue weighted by atomic mass is 10.2. The van der Waals surface area contributed by atoms with Gasteiger partial charge in [-0.3, -0.25) is 5.43 Å². The van der Waals surface area contributed by atoms with Crippen LogP contribution < -0.4 is 5.43 Å². The number of anilines is 1. The van der Waals surface area contributed by atoms with Gasteiger partial charge < -0.3 is 0 Å². The number of nitrogens with one attached hydrogen (secondary N) is 1. The van der Waals surface area contributed by atoms with Gasteiger partial charge in [-0.2, -0.15) is 5.10 Å². The summed E-state index contributed by atoms with van der Waals surface area (Å²) in [6.45, 7) is 0. The Labute approximate surface area is 124 Å². The maximum absolute atomic E-state index is 6.09. The molecule has 2 aromatic rings. The van der Waals surface area contributed by atoms with E-state index in [9.17, 15) is 0 Å². The molecule has 0 amide bonds. The van der Waals surface area contributed by atoms with E-state index in [1.165, 1.54) is 0 Å². The summed E-state index contributed by atoms with van der Waals surface area (Å²) in [5.41, 5.74) is 4.49. The van der Waals surface area contributed by atoms with Crippen molar-refractivity contribution in [2.45, 2.75) is 0 Å². The normalized spacial score (nSPS) is 11.4. The zero-order valence-electron chi connectivity index (χ0n) is 9.20. The largest absolute Gasteiger partial charge is 0.277 e. The van der Waals surface area contributed by atoms with Gasteiger partial charge in [-0.25, -0.2) is 0 Å². The molecule has 0 aliphatic rings. The molecular formula is C13H9BrCl2N2. The number of benzene rings is 2. The highest BCUT2D eigenvalue weighted by Gasteiger charge is 1.99. The molecule has 0 aromatic heterocycles. The number of halogens is 3. The van der Waals surface area contributed by atoms with Crippen molar-refractivity contribution < 1.29 is 0 Å². The highest BCUT2D eigenvalue weighted by atomic mass is 79.9. The number of hydrogen-bond donors (Lipinski definition) is 1. The van der Waals surface area contributed by atoms with Crippen LogP contribution in [0.15, 0.2) is 58.1 Å². The van der Waals surface area contributed by atoms with Gasteiger partial charge in [-0.15, -0.1) is 0 Å². The second-order valence-electron chi connectivity index (χ2n) is 3.53. The van der Waals surface area contributed by atoms with E-state index in [0.717, 1.165) is 15.7 Å². The Balaban J connectivity index is 2.11. The summed E-state index contributed by atoms with van der Waals surface area (Å²) >= 11 is 15.3. The zero-order valence-corrected chi connectivity index (χ0v) is 12.3. The minimum absolute atomic E-state index is 0.391. The van der Waals surface area contributed by atoms with Crippen LogP contribution in [0.25, 0.3) is 0 Å². The lowest BCUT2D eigenvalue weighted by Gasteiger charge is -2.02. The van der Waals surface area contributed by atoms with Gasteiger partial charge in [0, 0.05) is 15.1 Å². The van der Waals surface area contributed by atoms with Crippen molar-refractivity contribution in [2.75, 3.05) is 5.43 Å². The molecule has 0 saturated carbocycles. The average molecular weight is 344 g/mol.